The first-order chi connectivity index (χ1) is 12.9. The molecule has 146 valence electrons. The van der Waals surface area contributed by atoms with Gasteiger partial charge in [0.05, 0.1) is 17.9 Å². The number of amides is 1. The van der Waals surface area contributed by atoms with E-state index in [2.05, 4.69) is 43.1 Å². The van der Waals surface area contributed by atoms with Crippen LogP contribution < -0.4 is 10.2 Å². The van der Waals surface area contributed by atoms with Crippen LogP contribution >= 0.6 is 0 Å². The highest BCUT2D eigenvalue weighted by Crippen LogP contribution is 2.41. The maximum atomic E-state index is 13.2. The SMILES string of the molecule is CC1CN(CC(=O)N2CC(C)(C)c3cnc(C4=CCCCC4)cc32)CCN1. The van der Waals surface area contributed by atoms with Gasteiger partial charge >= 0.3 is 0 Å². The lowest BCUT2D eigenvalue weighted by Gasteiger charge is -2.32. The third kappa shape index (κ3) is 3.81. The summed E-state index contributed by atoms with van der Waals surface area (Å²) < 4.78 is 0. The third-order valence-electron chi connectivity index (χ3n) is 6.19. The zero-order valence-electron chi connectivity index (χ0n) is 16.9. The molecule has 27 heavy (non-hydrogen) atoms. The molecule has 3 aliphatic rings. The van der Waals surface area contributed by atoms with Gasteiger partial charge in [0.15, 0.2) is 0 Å². The van der Waals surface area contributed by atoms with Crippen LogP contribution in [0.25, 0.3) is 5.57 Å². The van der Waals surface area contributed by atoms with E-state index >= 15 is 0 Å². The number of nitrogens with zero attached hydrogens (tertiary/aromatic N) is 3. The topological polar surface area (TPSA) is 48.5 Å². The average Bonchev–Trinajstić information content (AvgIpc) is 2.93. The number of rotatable bonds is 3. The van der Waals surface area contributed by atoms with Crippen LogP contribution in [0.4, 0.5) is 5.69 Å². The highest BCUT2D eigenvalue weighted by Gasteiger charge is 2.39. The minimum Gasteiger partial charge on any atom is -0.312 e. The summed E-state index contributed by atoms with van der Waals surface area (Å²) in [6, 6.07) is 2.61. The van der Waals surface area contributed by atoms with Gasteiger partial charge in [-0.1, -0.05) is 19.9 Å². The fourth-order valence-corrected chi connectivity index (χ4v) is 4.66. The zero-order chi connectivity index (χ0) is 19.0. The molecule has 1 saturated heterocycles. The average molecular weight is 369 g/mol. The second kappa shape index (κ2) is 7.36. The largest absolute Gasteiger partial charge is 0.312 e. The number of hydrogen-bond acceptors (Lipinski definition) is 4. The third-order valence-corrected chi connectivity index (χ3v) is 6.19. The monoisotopic (exact) mass is 368 g/mol. The Bertz CT molecular complexity index is 755. The molecule has 1 unspecified atom stereocenters. The van der Waals surface area contributed by atoms with Crippen molar-refractivity contribution < 1.29 is 4.79 Å². The van der Waals surface area contributed by atoms with Crippen molar-refractivity contribution in [2.75, 3.05) is 37.6 Å². The van der Waals surface area contributed by atoms with Crippen LogP contribution in [0.5, 0.6) is 0 Å². The Morgan fingerprint density at radius 3 is 2.96 bits per heavy atom. The number of pyridine rings is 1. The minimum atomic E-state index is -0.0474. The van der Waals surface area contributed by atoms with Crippen molar-refractivity contribution in [3.63, 3.8) is 0 Å². The summed E-state index contributed by atoms with van der Waals surface area (Å²) in [5.41, 5.74) is 4.62. The number of anilines is 1. The second-order valence-electron chi connectivity index (χ2n) is 9.02. The number of carbonyl (C=O) groups excluding carboxylic acids is 1. The van der Waals surface area contributed by atoms with Crippen LogP contribution in [0.1, 0.15) is 57.7 Å². The predicted octanol–water partition coefficient (Wildman–Crippen LogP) is 2.96. The highest BCUT2D eigenvalue weighted by atomic mass is 16.2. The number of hydrogen-bond donors (Lipinski definition) is 1. The zero-order valence-corrected chi connectivity index (χ0v) is 16.9. The lowest BCUT2D eigenvalue weighted by atomic mass is 9.87. The molecule has 1 aromatic heterocycles. The maximum Gasteiger partial charge on any atom is 0.241 e. The van der Waals surface area contributed by atoms with Crippen LogP contribution in [-0.2, 0) is 10.2 Å². The number of nitrogens with one attached hydrogen (secondary N) is 1. The molecule has 1 aromatic rings. The summed E-state index contributed by atoms with van der Waals surface area (Å²) >= 11 is 0. The van der Waals surface area contributed by atoms with E-state index in [0.717, 1.165) is 50.4 Å². The molecular formula is C22H32N4O. The highest BCUT2D eigenvalue weighted by molar-refractivity contribution is 5.98. The summed E-state index contributed by atoms with van der Waals surface area (Å²) in [5.74, 6) is 0.214. The Morgan fingerprint density at radius 1 is 1.37 bits per heavy atom. The number of allylic oxidation sites excluding steroid dienone is 2. The minimum absolute atomic E-state index is 0.0474. The van der Waals surface area contributed by atoms with Crippen molar-refractivity contribution in [3.05, 3.63) is 29.6 Å². The molecule has 0 spiro atoms. The molecule has 0 aromatic carbocycles. The molecule has 4 rings (SSSR count). The van der Waals surface area contributed by atoms with Gasteiger partial charge in [0, 0.05) is 49.4 Å². The van der Waals surface area contributed by atoms with Gasteiger partial charge in [-0.25, -0.2) is 0 Å². The second-order valence-corrected chi connectivity index (χ2v) is 9.02. The van der Waals surface area contributed by atoms with Crippen molar-refractivity contribution in [1.82, 2.24) is 15.2 Å². The lowest BCUT2D eigenvalue weighted by Crippen LogP contribution is -2.52. The van der Waals surface area contributed by atoms with Crippen LogP contribution in [0.2, 0.25) is 0 Å². The van der Waals surface area contributed by atoms with E-state index in [-0.39, 0.29) is 11.3 Å². The van der Waals surface area contributed by atoms with Crippen molar-refractivity contribution in [1.29, 1.82) is 0 Å². The smallest absolute Gasteiger partial charge is 0.241 e. The maximum absolute atomic E-state index is 13.2. The lowest BCUT2D eigenvalue weighted by molar-refractivity contribution is -0.120. The first kappa shape index (κ1) is 18.6. The molecule has 3 heterocycles. The molecule has 1 atom stereocenters. The Hall–Kier alpha value is -1.72. The Morgan fingerprint density at radius 2 is 2.22 bits per heavy atom. The van der Waals surface area contributed by atoms with Gasteiger partial charge in [-0.2, -0.15) is 0 Å². The number of fused-ring (bicyclic) bond motifs is 1. The molecule has 5 heteroatoms. The van der Waals surface area contributed by atoms with Crippen molar-refractivity contribution in [3.8, 4) is 0 Å². The molecule has 1 N–H and O–H groups in total. The first-order valence-electron chi connectivity index (χ1n) is 10.4. The fourth-order valence-electron chi connectivity index (χ4n) is 4.66. The molecule has 1 amide bonds. The van der Waals surface area contributed by atoms with Crippen LogP contribution in [0, 0.1) is 0 Å². The Balaban J connectivity index is 1.58. The predicted molar refractivity (Wildman–Crippen MR) is 110 cm³/mol. The van der Waals surface area contributed by atoms with Crippen LogP contribution in [0.15, 0.2) is 18.3 Å². The quantitative estimate of drug-likeness (QED) is 0.891. The summed E-state index contributed by atoms with van der Waals surface area (Å²) in [7, 11) is 0. The van der Waals surface area contributed by atoms with Gasteiger partial charge in [0.2, 0.25) is 5.91 Å². The normalized spacial score (nSPS) is 25.2. The molecule has 1 aliphatic carbocycles. The molecule has 0 saturated carbocycles. The van der Waals surface area contributed by atoms with E-state index in [1.54, 1.807) is 0 Å². The fraction of sp³-hybridized carbons (Fsp3) is 0.636. The summed E-state index contributed by atoms with van der Waals surface area (Å²) in [6.45, 7) is 10.7. The van der Waals surface area contributed by atoms with Gasteiger partial charge in [0.25, 0.3) is 0 Å². The molecule has 1 fully saturated rings. The number of aromatic nitrogens is 1. The van der Waals surface area contributed by atoms with E-state index in [1.165, 1.54) is 24.0 Å². The Labute approximate surface area is 162 Å². The van der Waals surface area contributed by atoms with Crippen molar-refractivity contribution in [2.45, 2.75) is 57.9 Å². The summed E-state index contributed by atoms with van der Waals surface area (Å²) in [4.78, 5) is 22.2. The van der Waals surface area contributed by atoms with Crippen molar-refractivity contribution in [2.24, 2.45) is 0 Å². The molecular weight excluding hydrogens is 336 g/mol. The standard InChI is InChI=1S/C22H32N4O/c1-16-13-25(10-9-23-16)14-21(27)26-15-22(2,3)18-12-24-19(11-20(18)26)17-7-5-4-6-8-17/h7,11-12,16,23H,4-6,8-10,13-15H2,1-3H3. The van der Waals surface area contributed by atoms with E-state index in [0.29, 0.717) is 12.6 Å². The van der Waals surface area contributed by atoms with Gasteiger partial charge < -0.3 is 10.2 Å². The Kier molecular flexibility index (Phi) is 5.08. The number of carbonyl (C=O) groups is 1. The van der Waals surface area contributed by atoms with E-state index in [1.807, 2.05) is 11.1 Å². The van der Waals surface area contributed by atoms with Gasteiger partial charge in [-0.05, 0) is 44.2 Å². The van der Waals surface area contributed by atoms with E-state index in [4.69, 9.17) is 4.98 Å². The molecule has 0 radical (unpaired) electrons. The van der Waals surface area contributed by atoms with Gasteiger partial charge in [-0.15, -0.1) is 0 Å². The summed E-state index contributed by atoms with van der Waals surface area (Å²) in [6.07, 6.45) is 9.09. The van der Waals surface area contributed by atoms with Crippen molar-refractivity contribution >= 4 is 17.2 Å². The van der Waals surface area contributed by atoms with Gasteiger partial charge in [-0.3, -0.25) is 14.7 Å². The van der Waals surface area contributed by atoms with E-state index in [9.17, 15) is 4.79 Å². The summed E-state index contributed by atoms with van der Waals surface area (Å²) in [5, 5.41) is 3.45. The van der Waals surface area contributed by atoms with Crippen LogP contribution in [-0.4, -0.2) is 54.6 Å². The molecule has 2 aliphatic heterocycles. The van der Waals surface area contributed by atoms with E-state index < -0.39 is 0 Å². The number of piperazine rings is 1. The molecule has 5 nitrogen and oxygen atoms in total. The molecule has 0 bridgehead atoms. The van der Waals surface area contributed by atoms with Gasteiger partial charge in [0.1, 0.15) is 0 Å². The van der Waals surface area contributed by atoms with Crippen LogP contribution in [0.3, 0.4) is 0 Å². The first-order valence-corrected chi connectivity index (χ1v) is 10.4.